The van der Waals surface area contributed by atoms with Crippen LogP contribution in [-0.2, 0) is 4.79 Å². The van der Waals surface area contributed by atoms with Crippen molar-refractivity contribution in [3.63, 3.8) is 0 Å². The van der Waals surface area contributed by atoms with E-state index >= 15 is 0 Å². The first-order valence-corrected chi connectivity index (χ1v) is 5.26. The molecule has 1 saturated heterocycles. The van der Waals surface area contributed by atoms with Crippen molar-refractivity contribution in [3.05, 3.63) is 0 Å². The highest BCUT2D eigenvalue weighted by Gasteiger charge is 2.22. The Hall–Kier alpha value is -0.610. The van der Waals surface area contributed by atoms with E-state index in [4.69, 9.17) is 0 Å². The fourth-order valence-corrected chi connectivity index (χ4v) is 1.67. The highest BCUT2D eigenvalue weighted by molar-refractivity contribution is 5.76. The van der Waals surface area contributed by atoms with Crippen LogP contribution < -0.4 is 5.32 Å². The van der Waals surface area contributed by atoms with Gasteiger partial charge in [-0.2, -0.15) is 0 Å². The first-order valence-electron chi connectivity index (χ1n) is 5.26. The average molecular weight is 199 g/mol. The molecule has 14 heavy (non-hydrogen) atoms. The zero-order chi connectivity index (χ0) is 10.6. The summed E-state index contributed by atoms with van der Waals surface area (Å²) in [6.45, 7) is 5.65. The normalized spacial score (nSPS) is 22.9. The molecule has 1 amide bonds. The zero-order valence-electron chi connectivity index (χ0n) is 9.42. The quantitative estimate of drug-likeness (QED) is 0.681. The van der Waals surface area contributed by atoms with Gasteiger partial charge in [-0.1, -0.05) is 0 Å². The summed E-state index contributed by atoms with van der Waals surface area (Å²) in [6.07, 6.45) is 0.636. The summed E-state index contributed by atoms with van der Waals surface area (Å²) in [7, 11) is 3.99. The maximum absolute atomic E-state index is 11.8. The molecule has 1 aliphatic rings. The molecular weight excluding hydrogens is 178 g/mol. The summed E-state index contributed by atoms with van der Waals surface area (Å²) in [4.78, 5) is 15.8. The number of hydrogen-bond donors (Lipinski definition) is 1. The zero-order valence-corrected chi connectivity index (χ0v) is 9.42. The summed E-state index contributed by atoms with van der Waals surface area (Å²) in [6, 6.07) is 0.346. The van der Waals surface area contributed by atoms with E-state index in [2.05, 4.69) is 12.2 Å². The van der Waals surface area contributed by atoms with Crippen LogP contribution in [0.3, 0.4) is 0 Å². The lowest BCUT2D eigenvalue weighted by Gasteiger charge is -2.34. The smallest absolute Gasteiger partial charge is 0.224 e. The Bertz CT molecular complexity index is 194. The fourth-order valence-electron chi connectivity index (χ4n) is 1.67. The molecule has 0 spiro atoms. The van der Waals surface area contributed by atoms with Crippen LogP contribution in [0.1, 0.15) is 13.3 Å². The van der Waals surface area contributed by atoms with Gasteiger partial charge in [-0.05, 0) is 21.0 Å². The SMILES string of the molecule is CC1CNCCN1C(=O)CCN(C)C. The summed E-state index contributed by atoms with van der Waals surface area (Å²) in [5.41, 5.74) is 0. The largest absolute Gasteiger partial charge is 0.337 e. The molecule has 0 aromatic rings. The van der Waals surface area contributed by atoms with Crippen molar-refractivity contribution in [1.29, 1.82) is 0 Å². The van der Waals surface area contributed by atoms with Crippen LogP contribution in [0.2, 0.25) is 0 Å². The lowest BCUT2D eigenvalue weighted by molar-refractivity contribution is -0.134. The third-order valence-electron chi connectivity index (χ3n) is 2.59. The average Bonchev–Trinajstić information content (AvgIpc) is 2.15. The van der Waals surface area contributed by atoms with Gasteiger partial charge >= 0.3 is 0 Å². The van der Waals surface area contributed by atoms with Crippen LogP contribution in [-0.4, -0.2) is 62.0 Å². The van der Waals surface area contributed by atoms with E-state index in [1.54, 1.807) is 0 Å². The summed E-state index contributed by atoms with van der Waals surface area (Å²) < 4.78 is 0. The first-order chi connectivity index (χ1) is 6.61. The molecule has 0 aromatic carbocycles. The molecule has 0 radical (unpaired) electrons. The molecule has 1 rings (SSSR count). The number of carbonyl (C=O) groups is 1. The Labute approximate surface area is 86.2 Å². The molecule has 1 heterocycles. The highest BCUT2D eigenvalue weighted by Crippen LogP contribution is 2.04. The van der Waals surface area contributed by atoms with Crippen molar-refractivity contribution in [2.24, 2.45) is 0 Å². The lowest BCUT2D eigenvalue weighted by Crippen LogP contribution is -2.52. The Balaban J connectivity index is 2.34. The van der Waals surface area contributed by atoms with Crippen molar-refractivity contribution in [2.45, 2.75) is 19.4 Å². The van der Waals surface area contributed by atoms with Crippen LogP contribution >= 0.6 is 0 Å². The van der Waals surface area contributed by atoms with E-state index in [1.807, 2.05) is 23.9 Å². The third kappa shape index (κ3) is 3.27. The fraction of sp³-hybridized carbons (Fsp3) is 0.900. The van der Waals surface area contributed by atoms with Gasteiger partial charge in [0.05, 0.1) is 0 Å². The van der Waals surface area contributed by atoms with Gasteiger partial charge in [0.2, 0.25) is 5.91 Å². The molecule has 0 aromatic heterocycles. The van der Waals surface area contributed by atoms with E-state index in [9.17, 15) is 4.79 Å². The van der Waals surface area contributed by atoms with Crippen molar-refractivity contribution in [1.82, 2.24) is 15.1 Å². The number of amides is 1. The Morgan fingerprint density at radius 1 is 1.57 bits per heavy atom. The standard InChI is InChI=1S/C10H21N3O/c1-9-8-11-5-7-13(9)10(14)4-6-12(2)3/h9,11H,4-8H2,1-3H3. The van der Waals surface area contributed by atoms with Crippen LogP contribution in [0, 0.1) is 0 Å². The molecule has 4 heteroatoms. The van der Waals surface area contributed by atoms with Gasteiger partial charge in [0.15, 0.2) is 0 Å². The second kappa shape index (κ2) is 5.32. The van der Waals surface area contributed by atoms with Crippen molar-refractivity contribution in [3.8, 4) is 0 Å². The molecular formula is C10H21N3O. The molecule has 1 atom stereocenters. The number of nitrogens with zero attached hydrogens (tertiary/aromatic N) is 2. The number of nitrogens with one attached hydrogen (secondary N) is 1. The van der Waals surface area contributed by atoms with Crippen LogP contribution in [0.25, 0.3) is 0 Å². The summed E-state index contributed by atoms with van der Waals surface area (Å²) in [5, 5.41) is 3.28. The maximum Gasteiger partial charge on any atom is 0.224 e. The Morgan fingerprint density at radius 2 is 2.29 bits per heavy atom. The minimum absolute atomic E-state index is 0.285. The van der Waals surface area contributed by atoms with E-state index in [0.29, 0.717) is 12.5 Å². The van der Waals surface area contributed by atoms with Gasteiger partial charge in [-0.3, -0.25) is 4.79 Å². The highest BCUT2D eigenvalue weighted by atomic mass is 16.2. The summed E-state index contributed by atoms with van der Waals surface area (Å²) >= 11 is 0. The van der Waals surface area contributed by atoms with Gasteiger partial charge in [0, 0.05) is 38.6 Å². The molecule has 0 bridgehead atoms. The predicted octanol–water partition coefficient (Wildman–Crippen LogP) is -0.242. The van der Waals surface area contributed by atoms with Crippen molar-refractivity contribution < 1.29 is 4.79 Å². The van der Waals surface area contributed by atoms with E-state index < -0.39 is 0 Å². The lowest BCUT2D eigenvalue weighted by atomic mass is 10.2. The van der Waals surface area contributed by atoms with E-state index in [1.165, 1.54) is 0 Å². The van der Waals surface area contributed by atoms with E-state index in [-0.39, 0.29) is 5.91 Å². The summed E-state index contributed by atoms with van der Waals surface area (Å²) in [5.74, 6) is 0.285. The molecule has 82 valence electrons. The first kappa shape index (κ1) is 11.5. The predicted molar refractivity (Wildman–Crippen MR) is 57.2 cm³/mol. The molecule has 0 aliphatic carbocycles. The van der Waals surface area contributed by atoms with Gasteiger partial charge < -0.3 is 15.1 Å². The second-order valence-corrected chi connectivity index (χ2v) is 4.19. The van der Waals surface area contributed by atoms with Crippen molar-refractivity contribution >= 4 is 5.91 Å². The van der Waals surface area contributed by atoms with Crippen LogP contribution in [0.15, 0.2) is 0 Å². The van der Waals surface area contributed by atoms with Crippen molar-refractivity contribution in [2.75, 3.05) is 40.3 Å². The van der Waals surface area contributed by atoms with Gasteiger partial charge in [-0.15, -0.1) is 0 Å². The monoisotopic (exact) mass is 199 g/mol. The van der Waals surface area contributed by atoms with Gasteiger partial charge in [0.1, 0.15) is 0 Å². The Morgan fingerprint density at radius 3 is 2.86 bits per heavy atom. The number of hydrogen-bond acceptors (Lipinski definition) is 3. The third-order valence-corrected chi connectivity index (χ3v) is 2.59. The maximum atomic E-state index is 11.8. The number of piperazine rings is 1. The molecule has 1 unspecified atom stereocenters. The van der Waals surface area contributed by atoms with E-state index in [0.717, 1.165) is 26.2 Å². The molecule has 1 aliphatic heterocycles. The van der Waals surface area contributed by atoms with Gasteiger partial charge in [0.25, 0.3) is 0 Å². The van der Waals surface area contributed by atoms with Crippen LogP contribution in [0.4, 0.5) is 0 Å². The topological polar surface area (TPSA) is 35.6 Å². The van der Waals surface area contributed by atoms with Crippen LogP contribution in [0.5, 0.6) is 0 Å². The number of carbonyl (C=O) groups excluding carboxylic acids is 1. The molecule has 1 fully saturated rings. The second-order valence-electron chi connectivity index (χ2n) is 4.19. The minimum atomic E-state index is 0.285. The number of rotatable bonds is 3. The minimum Gasteiger partial charge on any atom is -0.337 e. The van der Waals surface area contributed by atoms with Gasteiger partial charge in [-0.25, -0.2) is 0 Å². The Kier molecular flexibility index (Phi) is 4.35. The molecule has 0 saturated carbocycles. The molecule has 1 N–H and O–H groups in total. The molecule has 4 nitrogen and oxygen atoms in total.